The summed E-state index contributed by atoms with van der Waals surface area (Å²) in [5.41, 5.74) is 1.49. The summed E-state index contributed by atoms with van der Waals surface area (Å²) in [7, 11) is 0. The van der Waals surface area contributed by atoms with Crippen molar-refractivity contribution in [1.82, 2.24) is 9.88 Å². The van der Waals surface area contributed by atoms with Crippen molar-refractivity contribution in [2.24, 2.45) is 5.92 Å². The van der Waals surface area contributed by atoms with Crippen molar-refractivity contribution in [3.8, 4) is 6.07 Å². The topological polar surface area (TPSA) is 60.2 Å². The molecule has 0 aliphatic carbocycles. The monoisotopic (exact) mass is 284 g/mol. The van der Waals surface area contributed by atoms with E-state index in [0.717, 1.165) is 57.5 Å². The van der Waals surface area contributed by atoms with Crippen LogP contribution in [0.15, 0.2) is 18.3 Å². The van der Waals surface area contributed by atoms with Crippen molar-refractivity contribution in [2.75, 3.05) is 31.1 Å². The van der Waals surface area contributed by atoms with Gasteiger partial charge in [0.2, 0.25) is 5.91 Å². The van der Waals surface area contributed by atoms with Crippen LogP contribution in [0.1, 0.15) is 31.4 Å². The highest BCUT2D eigenvalue weighted by molar-refractivity contribution is 5.79. The fourth-order valence-electron chi connectivity index (χ4n) is 3.22. The van der Waals surface area contributed by atoms with Gasteiger partial charge in [0.25, 0.3) is 0 Å². The van der Waals surface area contributed by atoms with Crippen LogP contribution in [0.25, 0.3) is 0 Å². The van der Waals surface area contributed by atoms with Gasteiger partial charge in [0.05, 0.1) is 11.9 Å². The number of likely N-dealkylation sites (tertiary alicyclic amines) is 1. The molecule has 0 bridgehead atoms. The van der Waals surface area contributed by atoms with E-state index in [9.17, 15) is 4.79 Å². The molecule has 5 nitrogen and oxygen atoms in total. The molecule has 1 aromatic rings. The summed E-state index contributed by atoms with van der Waals surface area (Å²) in [6.45, 7) is 3.66. The van der Waals surface area contributed by atoms with Crippen LogP contribution in [0.2, 0.25) is 0 Å². The number of hydrogen-bond donors (Lipinski definition) is 0. The van der Waals surface area contributed by atoms with Crippen molar-refractivity contribution < 1.29 is 4.79 Å². The molecular formula is C16H20N4O. The maximum Gasteiger partial charge on any atom is 0.225 e. The summed E-state index contributed by atoms with van der Waals surface area (Å²) < 4.78 is 0. The van der Waals surface area contributed by atoms with Crippen molar-refractivity contribution in [3.05, 3.63) is 24.0 Å². The fourth-order valence-corrected chi connectivity index (χ4v) is 3.22. The lowest BCUT2D eigenvalue weighted by atomic mass is 9.95. The molecule has 0 atom stereocenters. The van der Waals surface area contributed by atoms with Gasteiger partial charge in [-0.15, -0.1) is 0 Å². The van der Waals surface area contributed by atoms with Crippen molar-refractivity contribution in [1.29, 1.82) is 5.26 Å². The fraction of sp³-hybridized carbons (Fsp3) is 0.562. The smallest absolute Gasteiger partial charge is 0.225 e. The predicted molar refractivity (Wildman–Crippen MR) is 79.7 cm³/mol. The van der Waals surface area contributed by atoms with Crippen molar-refractivity contribution >= 4 is 11.6 Å². The Kier molecular flexibility index (Phi) is 4.05. The first kappa shape index (κ1) is 13.9. The van der Waals surface area contributed by atoms with Gasteiger partial charge in [0, 0.05) is 32.1 Å². The Balaban J connectivity index is 1.57. The Morgan fingerprint density at radius 3 is 2.48 bits per heavy atom. The molecule has 0 saturated carbocycles. The van der Waals surface area contributed by atoms with Gasteiger partial charge < -0.3 is 9.80 Å². The molecule has 1 aromatic heterocycles. The van der Waals surface area contributed by atoms with Gasteiger partial charge in [-0.3, -0.25) is 4.79 Å². The van der Waals surface area contributed by atoms with Gasteiger partial charge >= 0.3 is 0 Å². The van der Waals surface area contributed by atoms with Crippen molar-refractivity contribution in [2.45, 2.75) is 25.7 Å². The van der Waals surface area contributed by atoms with Crippen LogP contribution in [0.5, 0.6) is 0 Å². The molecule has 0 unspecified atom stereocenters. The number of pyridine rings is 1. The Morgan fingerprint density at radius 2 is 1.90 bits per heavy atom. The second-order valence-electron chi connectivity index (χ2n) is 5.81. The number of aromatic nitrogens is 1. The van der Waals surface area contributed by atoms with Crippen LogP contribution in [0.3, 0.4) is 0 Å². The minimum atomic E-state index is 0.186. The molecule has 21 heavy (non-hydrogen) atoms. The van der Waals surface area contributed by atoms with Gasteiger partial charge in [0.1, 0.15) is 11.8 Å². The SMILES string of the molecule is N#Cc1ccc(N2CCC(C(=O)N3CCCC3)CC2)cn1. The number of anilines is 1. The van der Waals surface area contributed by atoms with E-state index in [-0.39, 0.29) is 5.92 Å². The third-order valence-corrected chi connectivity index (χ3v) is 4.49. The number of rotatable bonds is 2. The van der Waals surface area contributed by atoms with Crippen LogP contribution in [0.4, 0.5) is 5.69 Å². The lowest BCUT2D eigenvalue weighted by Crippen LogP contribution is -2.41. The van der Waals surface area contributed by atoms with Crippen LogP contribution < -0.4 is 4.90 Å². The summed E-state index contributed by atoms with van der Waals surface area (Å²) in [6, 6.07) is 5.72. The first-order chi connectivity index (χ1) is 10.3. The molecule has 3 heterocycles. The number of nitriles is 1. The summed E-state index contributed by atoms with van der Waals surface area (Å²) in [5, 5.41) is 8.77. The van der Waals surface area contributed by atoms with Gasteiger partial charge in [-0.05, 0) is 37.8 Å². The first-order valence-electron chi connectivity index (χ1n) is 7.68. The molecule has 1 amide bonds. The summed E-state index contributed by atoms with van der Waals surface area (Å²) in [6.07, 6.45) is 5.88. The Labute approximate surface area is 125 Å². The normalized spacial score (nSPS) is 19.6. The molecule has 110 valence electrons. The number of carbonyl (C=O) groups excluding carboxylic acids is 1. The van der Waals surface area contributed by atoms with Gasteiger partial charge in [-0.25, -0.2) is 4.98 Å². The summed E-state index contributed by atoms with van der Waals surface area (Å²) in [4.78, 5) is 20.8. The number of amides is 1. The molecule has 0 N–H and O–H groups in total. The van der Waals surface area contributed by atoms with Crippen molar-refractivity contribution in [3.63, 3.8) is 0 Å². The lowest BCUT2D eigenvalue weighted by molar-refractivity contribution is -0.135. The van der Waals surface area contributed by atoms with Gasteiger partial charge in [0.15, 0.2) is 0 Å². The van der Waals surface area contributed by atoms with Crippen LogP contribution in [0, 0.1) is 17.2 Å². The second-order valence-corrected chi connectivity index (χ2v) is 5.81. The van der Waals surface area contributed by atoms with Crippen LogP contribution in [-0.4, -0.2) is 42.0 Å². The molecule has 2 fully saturated rings. The second kappa shape index (κ2) is 6.13. The maximum atomic E-state index is 12.4. The maximum absolute atomic E-state index is 12.4. The Hall–Kier alpha value is -2.09. The highest BCUT2D eigenvalue weighted by atomic mass is 16.2. The molecule has 3 rings (SSSR count). The molecule has 0 spiro atoms. The Morgan fingerprint density at radius 1 is 1.19 bits per heavy atom. The molecule has 2 aliphatic heterocycles. The molecule has 5 heteroatoms. The van der Waals surface area contributed by atoms with E-state index in [0.29, 0.717) is 11.6 Å². The molecule has 2 saturated heterocycles. The average Bonchev–Trinajstić information content (AvgIpc) is 3.09. The molecule has 2 aliphatic rings. The number of hydrogen-bond acceptors (Lipinski definition) is 4. The standard InChI is InChI=1S/C16H20N4O/c17-11-14-3-4-15(12-18-14)19-9-5-13(6-10-19)16(21)20-7-1-2-8-20/h3-4,12-13H,1-2,5-10H2. The van der Waals surface area contributed by atoms with E-state index in [4.69, 9.17) is 5.26 Å². The third kappa shape index (κ3) is 2.99. The van der Waals surface area contributed by atoms with Gasteiger partial charge in [-0.2, -0.15) is 5.26 Å². The van der Waals surface area contributed by atoms with E-state index >= 15 is 0 Å². The molecule has 0 aromatic carbocycles. The minimum absolute atomic E-state index is 0.186. The van der Waals surface area contributed by atoms with E-state index < -0.39 is 0 Å². The zero-order valence-corrected chi connectivity index (χ0v) is 12.2. The number of carbonyl (C=O) groups is 1. The van der Waals surface area contributed by atoms with E-state index in [1.54, 1.807) is 12.3 Å². The van der Waals surface area contributed by atoms with Crippen LogP contribution >= 0.6 is 0 Å². The summed E-state index contributed by atoms with van der Waals surface area (Å²) in [5.74, 6) is 0.538. The molecular weight excluding hydrogens is 264 g/mol. The highest BCUT2D eigenvalue weighted by Crippen LogP contribution is 2.25. The lowest BCUT2D eigenvalue weighted by Gasteiger charge is -2.34. The molecule has 0 radical (unpaired) electrons. The number of nitrogens with zero attached hydrogens (tertiary/aromatic N) is 4. The minimum Gasteiger partial charge on any atom is -0.370 e. The zero-order chi connectivity index (χ0) is 14.7. The third-order valence-electron chi connectivity index (χ3n) is 4.49. The summed E-state index contributed by atoms with van der Waals surface area (Å²) >= 11 is 0. The van der Waals surface area contributed by atoms with Gasteiger partial charge in [-0.1, -0.05) is 0 Å². The quantitative estimate of drug-likeness (QED) is 0.830. The van der Waals surface area contributed by atoms with Crippen LogP contribution in [-0.2, 0) is 4.79 Å². The van der Waals surface area contributed by atoms with E-state index in [1.807, 2.05) is 17.0 Å². The first-order valence-corrected chi connectivity index (χ1v) is 7.68. The predicted octanol–water partition coefficient (Wildman–Crippen LogP) is 1.79. The zero-order valence-electron chi connectivity index (χ0n) is 12.2. The largest absolute Gasteiger partial charge is 0.370 e. The Bertz CT molecular complexity index is 534. The average molecular weight is 284 g/mol. The highest BCUT2D eigenvalue weighted by Gasteiger charge is 2.29. The number of piperidine rings is 1. The van der Waals surface area contributed by atoms with E-state index in [2.05, 4.69) is 9.88 Å². The van der Waals surface area contributed by atoms with E-state index in [1.165, 1.54) is 0 Å².